The monoisotopic (exact) mass is 358 g/mol. The van der Waals surface area contributed by atoms with Crippen molar-refractivity contribution in [1.82, 2.24) is 4.98 Å². The predicted molar refractivity (Wildman–Crippen MR) is 97.5 cm³/mol. The van der Waals surface area contributed by atoms with Gasteiger partial charge in [-0.25, -0.2) is 4.98 Å². The second-order valence-corrected chi connectivity index (χ2v) is 6.56. The van der Waals surface area contributed by atoms with Gasteiger partial charge in [0.05, 0.1) is 19.5 Å². The number of rotatable bonds is 6. The molecule has 1 amide bonds. The summed E-state index contributed by atoms with van der Waals surface area (Å²) in [5, 5.41) is 2.95. The number of thioether (sulfide) groups is 1. The molecule has 0 fully saturated rings. The van der Waals surface area contributed by atoms with Crippen molar-refractivity contribution < 1.29 is 18.7 Å². The molecule has 3 aromatic rings. The predicted octanol–water partition coefficient (Wildman–Crippen LogP) is 3.96. The maximum absolute atomic E-state index is 12.4. The van der Waals surface area contributed by atoms with E-state index in [0.717, 1.165) is 5.52 Å². The number of benzene rings is 2. The summed E-state index contributed by atoms with van der Waals surface area (Å²) in [6, 6.07) is 12.7. The molecule has 6 nitrogen and oxygen atoms in total. The third-order valence-corrected chi connectivity index (χ3v) is 4.52. The lowest BCUT2D eigenvalue weighted by molar-refractivity contribution is -0.115. The van der Waals surface area contributed by atoms with Gasteiger partial charge in [-0.2, -0.15) is 0 Å². The fourth-order valence-corrected chi connectivity index (χ4v) is 3.02. The second-order valence-electron chi connectivity index (χ2n) is 5.27. The minimum Gasteiger partial charge on any atom is -0.493 e. The van der Waals surface area contributed by atoms with E-state index in [1.807, 2.05) is 24.3 Å². The molecule has 25 heavy (non-hydrogen) atoms. The van der Waals surface area contributed by atoms with Crippen LogP contribution in [-0.4, -0.2) is 30.4 Å². The molecule has 1 atom stereocenters. The number of nitrogens with zero attached hydrogens (tertiary/aromatic N) is 1. The van der Waals surface area contributed by atoms with Crippen molar-refractivity contribution in [3.05, 3.63) is 42.5 Å². The van der Waals surface area contributed by atoms with Crippen LogP contribution in [0.1, 0.15) is 6.92 Å². The number of carbonyl (C=O) groups excluding carboxylic acids is 1. The number of carbonyl (C=O) groups is 1. The van der Waals surface area contributed by atoms with E-state index in [0.29, 0.717) is 28.0 Å². The fourth-order valence-electron chi connectivity index (χ4n) is 2.26. The molecule has 0 aliphatic carbocycles. The van der Waals surface area contributed by atoms with Gasteiger partial charge in [-0.1, -0.05) is 23.9 Å². The number of methoxy groups -OCH3 is 2. The zero-order chi connectivity index (χ0) is 17.8. The van der Waals surface area contributed by atoms with Crippen molar-refractivity contribution in [2.24, 2.45) is 0 Å². The fraction of sp³-hybridized carbons (Fsp3) is 0.222. The maximum atomic E-state index is 12.4. The number of anilines is 1. The Kier molecular flexibility index (Phi) is 5.14. The molecule has 1 N–H and O–H groups in total. The molecule has 3 rings (SSSR count). The van der Waals surface area contributed by atoms with Gasteiger partial charge in [-0.05, 0) is 31.2 Å². The minimum absolute atomic E-state index is 0.153. The summed E-state index contributed by atoms with van der Waals surface area (Å²) in [6.07, 6.45) is 0. The van der Waals surface area contributed by atoms with Gasteiger partial charge in [0.1, 0.15) is 5.52 Å². The summed E-state index contributed by atoms with van der Waals surface area (Å²) >= 11 is 1.27. The van der Waals surface area contributed by atoms with Crippen LogP contribution >= 0.6 is 11.8 Å². The van der Waals surface area contributed by atoms with Crippen molar-refractivity contribution in [3.8, 4) is 11.5 Å². The lowest BCUT2D eigenvalue weighted by Crippen LogP contribution is -2.22. The van der Waals surface area contributed by atoms with Crippen molar-refractivity contribution in [3.63, 3.8) is 0 Å². The van der Waals surface area contributed by atoms with E-state index in [4.69, 9.17) is 13.9 Å². The molecule has 0 aliphatic rings. The first-order chi connectivity index (χ1) is 12.1. The Balaban J connectivity index is 1.68. The zero-order valence-electron chi connectivity index (χ0n) is 14.1. The molecular formula is C18H18N2O4S. The highest BCUT2D eigenvalue weighted by Gasteiger charge is 2.18. The number of oxazole rings is 1. The van der Waals surface area contributed by atoms with E-state index in [-0.39, 0.29) is 11.2 Å². The Labute approximate surface area is 149 Å². The molecule has 130 valence electrons. The summed E-state index contributed by atoms with van der Waals surface area (Å²) in [7, 11) is 3.12. The summed E-state index contributed by atoms with van der Waals surface area (Å²) < 4.78 is 16.1. The SMILES string of the molecule is COc1ccc(NC(=O)C(C)Sc2nc3ccccc3o2)cc1OC. The van der Waals surface area contributed by atoms with Crippen molar-refractivity contribution in [1.29, 1.82) is 0 Å². The van der Waals surface area contributed by atoms with Crippen LogP contribution in [-0.2, 0) is 4.79 Å². The summed E-state index contributed by atoms with van der Waals surface area (Å²) in [4.78, 5) is 16.8. The lowest BCUT2D eigenvalue weighted by Gasteiger charge is -2.12. The van der Waals surface area contributed by atoms with Gasteiger partial charge in [0.15, 0.2) is 17.1 Å². The third-order valence-electron chi connectivity index (χ3n) is 3.57. The maximum Gasteiger partial charge on any atom is 0.257 e. The molecule has 1 unspecified atom stereocenters. The number of fused-ring (bicyclic) bond motifs is 1. The Bertz CT molecular complexity index is 861. The Morgan fingerprint density at radius 1 is 1.16 bits per heavy atom. The third kappa shape index (κ3) is 3.88. The van der Waals surface area contributed by atoms with Crippen molar-refractivity contribution in [2.75, 3.05) is 19.5 Å². The second kappa shape index (κ2) is 7.48. The number of amides is 1. The van der Waals surface area contributed by atoms with Crippen LogP contribution < -0.4 is 14.8 Å². The van der Waals surface area contributed by atoms with E-state index in [9.17, 15) is 4.79 Å². The highest BCUT2D eigenvalue weighted by atomic mass is 32.2. The van der Waals surface area contributed by atoms with E-state index in [1.54, 1.807) is 39.3 Å². The van der Waals surface area contributed by atoms with Crippen LogP contribution in [0.3, 0.4) is 0 Å². The molecule has 0 radical (unpaired) electrons. The summed E-state index contributed by atoms with van der Waals surface area (Å²) in [5.41, 5.74) is 2.11. The number of hydrogen-bond donors (Lipinski definition) is 1. The van der Waals surface area contributed by atoms with Crippen molar-refractivity contribution >= 4 is 34.5 Å². The average Bonchev–Trinajstić information content (AvgIpc) is 3.03. The van der Waals surface area contributed by atoms with Gasteiger partial charge in [-0.3, -0.25) is 4.79 Å². The average molecular weight is 358 g/mol. The minimum atomic E-state index is -0.374. The highest BCUT2D eigenvalue weighted by molar-refractivity contribution is 8.00. The Hall–Kier alpha value is -2.67. The molecule has 2 aromatic carbocycles. The van der Waals surface area contributed by atoms with Crippen LogP contribution in [0.25, 0.3) is 11.1 Å². The van der Waals surface area contributed by atoms with Crippen LogP contribution in [0.5, 0.6) is 11.5 Å². The van der Waals surface area contributed by atoms with Gasteiger partial charge in [-0.15, -0.1) is 0 Å². The van der Waals surface area contributed by atoms with E-state index in [1.165, 1.54) is 11.8 Å². The van der Waals surface area contributed by atoms with Crippen LogP contribution in [0, 0.1) is 0 Å². The number of aromatic nitrogens is 1. The standard InChI is InChI=1S/C18H18N2O4S/c1-11(25-18-20-13-6-4-5-7-14(13)24-18)17(21)19-12-8-9-15(22-2)16(10-12)23-3/h4-11H,1-3H3,(H,19,21). The normalized spacial score (nSPS) is 12.0. The molecule has 0 spiro atoms. The largest absolute Gasteiger partial charge is 0.493 e. The molecule has 1 aromatic heterocycles. The lowest BCUT2D eigenvalue weighted by atomic mass is 10.2. The van der Waals surface area contributed by atoms with E-state index >= 15 is 0 Å². The van der Waals surface area contributed by atoms with Gasteiger partial charge in [0, 0.05) is 11.8 Å². The first-order valence-corrected chi connectivity index (χ1v) is 8.54. The van der Waals surface area contributed by atoms with Crippen LogP contribution in [0.2, 0.25) is 0 Å². The van der Waals surface area contributed by atoms with Crippen LogP contribution in [0.4, 0.5) is 5.69 Å². The molecule has 0 aliphatic heterocycles. The smallest absolute Gasteiger partial charge is 0.257 e. The molecule has 0 saturated carbocycles. The molecule has 7 heteroatoms. The highest BCUT2D eigenvalue weighted by Crippen LogP contribution is 2.31. The van der Waals surface area contributed by atoms with Gasteiger partial charge >= 0.3 is 0 Å². The molecular weight excluding hydrogens is 340 g/mol. The quantitative estimate of drug-likeness (QED) is 0.672. The van der Waals surface area contributed by atoms with Gasteiger partial charge in [0.25, 0.3) is 5.22 Å². The molecule has 0 bridgehead atoms. The first-order valence-electron chi connectivity index (χ1n) is 7.66. The van der Waals surface area contributed by atoms with Gasteiger partial charge in [0.2, 0.25) is 5.91 Å². The summed E-state index contributed by atoms with van der Waals surface area (Å²) in [6.45, 7) is 1.80. The zero-order valence-corrected chi connectivity index (χ0v) is 14.9. The van der Waals surface area contributed by atoms with Crippen LogP contribution in [0.15, 0.2) is 52.1 Å². The van der Waals surface area contributed by atoms with Gasteiger partial charge < -0.3 is 19.2 Å². The molecule has 1 heterocycles. The number of para-hydroxylation sites is 2. The Morgan fingerprint density at radius 3 is 2.64 bits per heavy atom. The van der Waals surface area contributed by atoms with E-state index < -0.39 is 0 Å². The first kappa shape index (κ1) is 17.2. The van der Waals surface area contributed by atoms with Crippen molar-refractivity contribution in [2.45, 2.75) is 17.4 Å². The Morgan fingerprint density at radius 2 is 1.92 bits per heavy atom. The van der Waals surface area contributed by atoms with E-state index in [2.05, 4.69) is 10.3 Å². The summed E-state index contributed by atoms with van der Waals surface area (Å²) in [5.74, 6) is 1.01. The number of ether oxygens (including phenoxy) is 2. The molecule has 0 saturated heterocycles. The number of hydrogen-bond acceptors (Lipinski definition) is 6. The number of nitrogens with one attached hydrogen (secondary N) is 1. The topological polar surface area (TPSA) is 73.6 Å².